The first-order chi connectivity index (χ1) is 12.0. The molecule has 1 aliphatic rings. The number of carbonyl (C=O) groups excluding carboxylic acids is 1. The van der Waals surface area contributed by atoms with Crippen molar-refractivity contribution in [3.05, 3.63) is 75.8 Å². The summed E-state index contributed by atoms with van der Waals surface area (Å²) in [7, 11) is 0. The molecule has 1 heterocycles. The normalized spacial score (nSPS) is 13.9. The van der Waals surface area contributed by atoms with Crippen molar-refractivity contribution in [1.29, 1.82) is 0 Å². The summed E-state index contributed by atoms with van der Waals surface area (Å²) < 4.78 is 0. The van der Waals surface area contributed by atoms with E-state index in [0.29, 0.717) is 28.1 Å². The van der Waals surface area contributed by atoms with E-state index in [4.69, 9.17) is 23.2 Å². The van der Waals surface area contributed by atoms with Crippen molar-refractivity contribution in [2.75, 3.05) is 6.54 Å². The SMILES string of the molecule is O=C(C1=NCCC(c2ccc(Cl)c(Cl)c2)=C1)N(O)Cc1ccccc1. The van der Waals surface area contributed by atoms with E-state index in [0.717, 1.165) is 16.7 Å². The lowest BCUT2D eigenvalue weighted by atomic mass is 9.99. The van der Waals surface area contributed by atoms with Gasteiger partial charge in [0.05, 0.1) is 16.6 Å². The molecule has 0 aliphatic carbocycles. The molecule has 2 aromatic rings. The topological polar surface area (TPSA) is 52.9 Å². The first-order valence-corrected chi connectivity index (χ1v) is 8.55. The number of nitrogens with zero attached hydrogens (tertiary/aromatic N) is 2. The molecule has 4 nitrogen and oxygen atoms in total. The summed E-state index contributed by atoms with van der Waals surface area (Å²) in [5.74, 6) is -0.527. The van der Waals surface area contributed by atoms with E-state index in [1.807, 2.05) is 36.4 Å². The van der Waals surface area contributed by atoms with E-state index in [1.54, 1.807) is 18.2 Å². The van der Waals surface area contributed by atoms with Crippen LogP contribution in [-0.4, -0.2) is 28.4 Å². The van der Waals surface area contributed by atoms with E-state index in [2.05, 4.69) is 4.99 Å². The van der Waals surface area contributed by atoms with Crippen LogP contribution in [-0.2, 0) is 11.3 Å². The average molecular weight is 375 g/mol. The standard InChI is InChI=1S/C19H16Cl2N2O2/c20-16-7-6-14(10-17(16)21)15-8-9-22-18(11-15)19(24)23(25)12-13-4-2-1-3-5-13/h1-7,10-11,25H,8-9,12H2. The molecule has 25 heavy (non-hydrogen) atoms. The van der Waals surface area contributed by atoms with E-state index in [1.165, 1.54) is 0 Å². The highest BCUT2D eigenvalue weighted by Crippen LogP contribution is 2.28. The van der Waals surface area contributed by atoms with Gasteiger partial charge in [-0.2, -0.15) is 0 Å². The first-order valence-electron chi connectivity index (χ1n) is 7.79. The number of hydrogen-bond acceptors (Lipinski definition) is 3. The third kappa shape index (κ3) is 4.28. The zero-order valence-corrected chi connectivity index (χ0v) is 14.8. The zero-order chi connectivity index (χ0) is 17.8. The molecule has 0 aromatic heterocycles. The molecule has 0 bridgehead atoms. The van der Waals surface area contributed by atoms with Crippen LogP contribution in [0.2, 0.25) is 10.0 Å². The molecule has 128 valence electrons. The van der Waals surface area contributed by atoms with Crippen LogP contribution in [0.25, 0.3) is 5.57 Å². The van der Waals surface area contributed by atoms with Crippen LogP contribution in [0.5, 0.6) is 0 Å². The Bertz CT molecular complexity index is 848. The van der Waals surface area contributed by atoms with Gasteiger partial charge in [0.2, 0.25) is 0 Å². The fraction of sp³-hybridized carbons (Fsp3) is 0.158. The van der Waals surface area contributed by atoms with Gasteiger partial charge in [-0.15, -0.1) is 0 Å². The number of halogens is 2. The summed E-state index contributed by atoms with van der Waals surface area (Å²) in [5.41, 5.74) is 2.89. The van der Waals surface area contributed by atoms with Crippen molar-refractivity contribution < 1.29 is 10.0 Å². The number of aliphatic imine (C=N–C) groups is 1. The maximum Gasteiger partial charge on any atom is 0.295 e. The zero-order valence-electron chi connectivity index (χ0n) is 13.3. The molecule has 6 heteroatoms. The van der Waals surface area contributed by atoms with Gasteiger partial charge in [-0.25, -0.2) is 5.06 Å². The predicted molar refractivity (Wildman–Crippen MR) is 100 cm³/mol. The largest absolute Gasteiger partial charge is 0.295 e. The van der Waals surface area contributed by atoms with Crippen molar-refractivity contribution in [2.24, 2.45) is 4.99 Å². The van der Waals surface area contributed by atoms with Gasteiger partial charge >= 0.3 is 0 Å². The number of rotatable bonds is 4. The first kappa shape index (κ1) is 17.7. The molecule has 0 unspecified atom stereocenters. The number of carbonyl (C=O) groups is 1. The van der Waals surface area contributed by atoms with Gasteiger partial charge in [-0.3, -0.25) is 15.0 Å². The molecule has 0 radical (unpaired) electrons. The summed E-state index contributed by atoms with van der Waals surface area (Å²) in [5, 5.41) is 11.7. The van der Waals surface area contributed by atoms with E-state index in [9.17, 15) is 10.0 Å². The van der Waals surface area contributed by atoms with Gasteiger partial charge in [0.15, 0.2) is 0 Å². The van der Waals surface area contributed by atoms with Crippen LogP contribution < -0.4 is 0 Å². The summed E-state index contributed by atoms with van der Waals surface area (Å²) in [6, 6.07) is 14.6. The third-order valence-electron chi connectivity index (χ3n) is 3.89. The van der Waals surface area contributed by atoms with Crippen LogP contribution in [0, 0.1) is 0 Å². The van der Waals surface area contributed by atoms with Crippen LogP contribution >= 0.6 is 23.2 Å². The fourth-order valence-electron chi connectivity index (χ4n) is 2.59. The average Bonchev–Trinajstić information content (AvgIpc) is 2.64. The Kier molecular flexibility index (Phi) is 5.53. The Balaban J connectivity index is 1.77. The lowest BCUT2D eigenvalue weighted by Crippen LogP contribution is -2.33. The van der Waals surface area contributed by atoms with Gasteiger partial charge in [0, 0.05) is 6.54 Å². The maximum atomic E-state index is 12.5. The Morgan fingerprint density at radius 1 is 1.12 bits per heavy atom. The fourth-order valence-corrected chi connectivity index (χ4v) is 2.89. The lowest BCUT2D eigenvalue weighted by Gasteiger charge is -2.18. The Labute approximate surface area is 156 Å². The van der Waals surface area contributed by atoms with E-state index >= 15 is 0 Å². The summed E-state index contributed by atoms with van der Waals surface area (Å²) >= 11 is 12.0. The number of amides is 1. The van der Waals surface area contributed by atoms with Crippen LogP contribution in [0.3, 0.4) is 0 Å². The van der Waals surface area contributed by atoms with Crippen molar-refractivity contribution in [1.82, 2.24) is 5.06 Å². The molecule has 0 atom stereocenters. The number of benzene rings is 2. The predicted octanol–water partition coefficient (Wildman–Crippen LogP) is 4.64. The molecule has 0 fully saturated rings. The molecule has 2 aromatic carbocycles. The number of hydrogen-bond donors (Lipinski definition) is 1. The molecular weight excluding hydrogens is 359 g/mol. The van der Waals surface area contributed by atoms with Crippen molar-refractivity contribution in [3.63, 3.8) is 0 Å². The number of dihydropyridines is 1. The van der Waals surface area contributed by atoms with Crippen molar-refractivity contribution in [2.45, 2.75) is 13.0 Å². The molecule has 1 aliphatic heterocycles. The molecule has 0 spiro atoms. The monoisotopic (exact) mass is 374 g/mol. The summed E-state index contributed by atoms with van der Waals surface area (Å²) in [6.45, 7) is 0.584. The molecule has 0 saturated heterocycles. The Morgan fingerprint density at radius 2 is 1.88 bits per heavy atom. The Hall–Kier alpha value is -2.14. The van der Waals surface area contributed by atoms with Gasteiger partial charge in [0.1, 0.15) is 5.71 Å². The van der Waals surface area contributed by atoms with E-state index in [-0.39, 0.29) is 12.3 Å². The van der Waals surface area contributed by atoms with Crippen LogP contribution in [0.1, 0.15) is 17.5 Å². The van der Waals surface area contributed by atoms with Gasteiger partial charge in [-0.1, -0.05) is 59.6 Å². The smallest absolute Gasteiger partial charge is 0.285 e. The third-order valence-corrected chi connectivity index (χ3v) is 4.63. The quantitative estimate of drug-likeness (QED) is 0.625. The second kappa shape index (κ2) is 7.83. The Morgan fingerprint density at radius 3 is 2.60 bits per heavy atom. The number of hydroxylamine groups is 2. The van der Waals surface area contributed by atoms with Gasteiger partial charge < -0.3 is 0 Å². The maximum absolute atomic E-state index is 12.5. The van der Waals surface area contributed by atoms with Crippen molar-refractivity contribution in [3.8, 4) is 0 Å². The minimum Gasteiger partial charge on any atom is -0.285 e. The molecule has 0 saturated carbocycles. The highest BCUT2D eigenvalue weighted by Gasteiger charge is 2.20. The van der Waals surface area contributed by atoms with Crippen LogP contribution in [0.4, 0.5) is 0 Å². The molecular formula is C19H16Cl2N2O2. The molecule has 1 N–H and O–H groups in total. The minimum absolute atomic E-state index is 0.106. The van der Waals surface area contributed by atoms with E-state index < -0.39 is 5.91 Å². The highest BCUT2D eigenvalue weighted by molar-refractivity contribution is 6.44. The van der Waals surface area contributed by atoms with Gasteiger partial charge in [0.25, 0.3) is 5.91 Å². The second-order valence-corrected chi connectivity index (χ2v) is 6.48. The highest BCUT2D eigenvalue weighted by atomic mass is 35.5. The lowest BCUT2D eigenvalue weighted by molar-refractivity contribution is -0.159. The van der Waals surface area contributed by atoms with Crippen molar-refractivity contribution >= 4 is 40.4 Å². The summed E-state index contributed by atoms with van der Waals surface area (Å²) in [6.07, 6.45) is 2.39. The molecule has 1 amide bonds. The second-order valence-electron chi connectivity index (χ2n) is 5.66. The van der Waals surface area contributed by atoms with Gasteiger partial charge in [-0.05, 0) is 41.3 Å². The summed E-state index contributed by atoms with van der Waals surface area (Å²) in [4.78, 5) is 16.7. The minimum atomic E-state index is -0.527. The van der Waals surface area contributed by atoms with Crippen LogP contribution in [0.15, 0.2) is 59.6 Å². The molecule has 3 rings (SSSR count).